The number of alkyl halides is 3. The van der Waals surface area contributed by atoms with Gasteiger partial charge >= 0.3 is 6.18 Å². The summed E-state index contributed by atoms with van der Waals surface area (Å²) in [5.41, 5.74) is -1.71. The van der Waals surface area contributed by atoms with Crippen molar-refractivity contribution in [2.24, 2.45) is 0 Å². The minimum Gasteiger partial charge on any atom is -0.320 e. The molecule has 0 bridgehead atoms. The minimum atomic E-state index is -4.64. The highest BCUT2D eigenvalue weighted by molar-refractivity contribution is 6.30. The fraction of sp³-hybridized carbons (Fsp3) is 0.100. The van der Waals surface area contributed by atoms with Crippen molar-refractivity contribution in [3.8, 4) is 0 Å². The highest BCUT2D eigenvalue weighted by Gasteiger charge is 2.34. The molecular weight excluding hydrogens is 287 g/mol. The molecule has 9 heteroatoms. The van der Waals surface area contributed by atoms with Crippen LogP contribution >= 0.6 is 11.6 Å². The normalized spacial score (nSPS) is 11.4. The molecule has 0 atom stereocenters. The van der Waals surface area contributed by atoms with Crippen molar-refractivity contribution in [1.82, 2.24) is 10.3 Å². The molecule has 2 aromatic rings. The summed E-state index contributed by atoms with van der Waals surface area (Å²) in [6.07, 6.45) is -3.66. The molecule has 0 saturated carbocycles. The number of carbonyl (C=O) groups is 1. The average molecular weight is 292 g/mol. The number of aromatic nitrogens is 2. The molecule has 5 nitrogen and oxygen atoms in total. The zero-order valence-electron chi connectivity index (χ0n) is 9.03. The summed E-state index contributed by atoms with van der Waals surface area (Å²) < 4.78 is 42.5. The van der Waals surface area contributed by atoms with Gasteiger partial charge in [0.2, 0.25) is 0 Å². The van der Waals surface area contributed by atoms with Crippen molar-refractivity contribution in [1.29, 1.82) is 0 Å². The second-order valence-corrected chi connectivity index (χ2v) is 3.87. The zero-order valence-corrected chi connectivity index (χ0v) is 9.79. The van der Waals surface area contributed by atoms with E-state index in [2.05, 4.69) is 20.3 Å². The van der Waals surface area contributed by atoms with E-state index in [4.69, 9.17) is 11.6 Å². The van der Waals surface area contributed by atoms with Crippen LogP contribution in [-0.2, 0) is 6.18 Å². The molecule has 0 unspecified atom stereocenters. The van der Waals surface area contributed by atoms with Crippen LogP contribution in [0.5, 0.6) is 0 Å². The summed E-state index contributed by atoms with van der Waals surface area (Å²) >= 11 is 5.51. The first-order chi connectivity index (χ1) is 8.88. The Morgan fingerprint density at radius 1 is 1.37 bits per heavy atom. The van der Waals surface area contributed by atoms with E-state index < -0.39 is 23.3 Å². The fourth-order valence-electron chi connectivity index (χ4n) is 1.31. The van der Waals surface area contributed by atoms with Gasteiger partial charge in [-0.05, 0) is 23.4 Å². The standard InChI is InChI=1S/C10H5ClF3N3O2/c11-5-1-2-7(6(3-5)10(12,13)14)16-9(18)8-4-15-19-17-8/h1-4H,(H,16,18). The van der Waals surface area contributed by atoms with Crippen molar-refractivity contribution in [3.63, 3.8) is 0 Å². The lowest BCUT2D eigenvalue weighted by Crippen LogP contribution is -2.17. The topological polar surface area (TPSA) is 68.0 Å². The minimum absolute atomic E-state index is 0.0894. The summed E-state index contributed by atoms with van der Waals surface area (Å²) in [4.78, 5) is 11.6. The molecule has 0 aliphatic heterocycles. The third-order valence-electron chi connectivity index (χ3n) is 2.13. The predicted octanol–water partition coefficient (Wildman–Crippen LogP) is 2.99. The Bertz CT molecular complexity index is 599. The van der Waals surface area contributed by atoms with Gasteiger partial charge in [0.15, 0.2) is 5.69 Å². The summed E-state index contributed by atoms with van der Waals surface area (Å²) in [5, 5.41) is 8.37. The molecule has 0 saturated heterocycles. The number of carbonyl (C=O) groups excluding carboxylic acids is 1. The summed E-state index contributed by atoms with van der Waals surface area (Å²) in [6, 6.07) is 3.00. The van der Waals surface area contributed by atoms with Crippen LogP contribution in [0.1, 0.15) is 16.1 Å². The van der Waals surface area contributed by atoms with Gasteiger partial charge in [-0.2, -0.15) is 13.2 Å². The number of nitrogens with zero attached hydrogens (tertiary/aromatic N) is 2. The van der Waals surface area contributed by atoms with Crippen LogP contribution in [0.15, 0.2) is 29.0 Å². The van der Waals surface area contributed by atoms with Gasteiger partial charge in [0.25, 0.3) is 5.91 Å². The molecule has 100 valence electrons. The van der Waals surface area contributed by atoms with Crippen molar-refractivity contribution in [2.45, 2.75) is 6.18 Å². The molecule has 0 spiro atoms. The Kier molecular flexibility index (Phi) is 3.43. The molecular formula is C10H5ClF3N3O2. The lowest BCUT2D eigenvalue weighted by molar-refractivity contribution is -0.136. The van der Waals surface area contributed by atoms with Crippen LogP contribution in [0.3, 0.4) is 0 Å². The van der Waals surface area contributed by atoms with E-state index in [0.717, 1.165) is 18.3 Å². The van der Waals surface area contributed by atoms with Gasteiger partial charge < -0.3 is 5.32 Å². The Morgan fingerprint density at radius 3 is 2.68 bits per heavy atom. The lowest BCUT2D eigenvalue weighted by Gasteiger charge is -2.13. The van der Waals surface area contributed by atoms with Crippen LogP contribution in [-0.4, -0.2) is 16.2 Å². The average Bonchev–Trinajstić information content (AvgIpc) is 2.83. The number of halogens is 4. The summed E-state index contributed by atoms with van der Waals surface area (Å²) in [5.74, 6) is -0.867. The van der Waals surface area contributed by atoms with Gasteiger partial charge in [0, 0.05) is 5.02 Å². The van der Waals surface area contributed by atoms with Gasteiger partial charge in [-0.25, -0.2) is 4.63 Å². The zero-order chi connectivity index (χ0) is 14.0. The summed E-state index contributed by atoms with van der Waals surface area (Å²) in [7, 11) is 0. The van der Waals surface area contributed by atoms with Crippen LogP contribution in [0, 0.1) is 0 Å². The van der Waals surface area contributed by atoms with Gasteiger partial charge in [-0.15, -0.1) is 0 Å². The monoisotopic (exact) mass is 291 g/mol. The van der Waals surface area contributed by atoms with Crippen LogP contribution in [0.2, 0.25) is 5.02 Å². The van der Waals surface area contributed by atoms with Gasteiger partial charge in [0.05, 0.1) is 11.3 Å². The predicted molar refractivity (Wildman–Crippen MR) is 58.7 cm³/mol. The van der Waals surface area contributed by atoms with Crippen molar-refractivity contribution in [3.05, 3.63) is 40.7 Å². The van der Waals surface area contributed by atoms with Gasteiger partial charge in [-0.1, -0.05) is 16.8 Å². The largest absolute Gasteiger partial charge is 0.418 e. The number of nitrogens with one attached hydrogen (secondary N) is 1. The number of rotatable bonds is 2. The number of amides is 1. The van der Waals surface area contributed by atoms with E-state index in [1.165, 1.54) is 6.07 Å². The maximum absolute atomic E-state index is 12.8. The molecule has 1 aromatic carbocycles. The van der Waals surface area contributed by atoms with Crippen molar-refractivity contribution < 1.29 is 22.6 Å². The van der Waals surface area contributed by atoms with Gasteiger partial charge in [-0.3, -0.25) is 4.79 Å². The highest BCUT2D eigenvalue weighted by atomic mass is 35.5. The Morgan fingerprint density at radius 2 is 2.11 bits per heavy atom. The first kappa shape index (κ1) is 13.3. The van der Waals surface area contributed by atoms with Crippen molar-refractivity contribution >= 4 is 23.2 Å². The molecule has 0 aliphatic rings. The number of hydrogen-bond acceptors (Lipinski definition) is 4. The maximum atomic E-state index is 12.8. The quantitative estimate of drug-likeness (QED) is 0.923. The van der Waals surface area contributed by atoms with Gasteiger partial charge in [0.1, 0.15) is 6.20 Å². The molecule has 1 aromatic heterocycles. The molecule has 0 fully saturated rings. The van der Waals surface area contributed by atoms with Crippen LogP contribution < -0.4 is 5.32 Å². The second kappa shape index (κ2) is 4.88. The Labute approximate surface area is 109 Å². The third-order valence-corrected chi connectivity index (χ3v) is 2.36. The Hall–Kier alpha value is -2.09. The van der Waals surface area contributed by atoms with Crippen LogP contribution in [0.25, 0.3) is 0 Å². The molecule has 1 amide bonds. The number of anilines is 1. The number of benzene rings is 1. The highest BCUT2D eigenvalue weighted by Crippen LogP contribution is 2.36. The van der Waals surface area contributed by atoms with Crippen LogP contribution in [0.4, 0.5) is 18.9 Å². The first-order valence-corrected chi connectivity index (χ1v) is 5.21. The van der Waals surface area contributed by atoms with E-state index in [-0.39, 0.29) is 10.7 Å². The van der Waals surface area contributed by atoms with E-state index in [0.29, 0.717) is 0 Å². The first-order valence-electron chi connectivity index (χ1n) is 4.83. The lowest BCUT2D eigenvalue weighted by atomic mass is 10.1. The Balaban J connectivity index is 2.33. The molecule has 0 aliphatic carbocycles. The number of hydrogen-bond donors (Lipinski definition) is 1. The van der Waals surface area contributed by atoms with Crippen molar-refractivity contribution in [2.75, 3.05) is 5.32 Å². The second-order valence-electron chi connectivity index (χ2n) is 3.43. The molecule has 19 heavy (non-hydrogen) atoms. The SMILES string of the molecule is O=C(Nc1ccc(Cl)cc1C(F)(F)F)c1cnon1. The van der Waals surface area contributed by atoms with E-state index in [1.54, 1.807) is 0 Å². The molecule has 1 heterocycles. The molecule has 2 rings (SSSR count). The third kappa shape index (κ3) is 3.02. The van der Waals surface area contributed by atoms with E-state index in [1.807, 2.05) is 0 Å². The fourth-order valence-corrected chi connectivity index (χ4v) is 1.48. The van der Waals surface area contributed by atoms with E-state index >= 15 is 0 Å². The summed E-state index contributed by atoms with van der Waals surface area (Å²) in [6.45, 7) is 0. The van der Waals surface area contributed by atoms with E-state index in [9.17, 15) is 18.0 Å². The maximum Gasteiger partial charge on any atom is 0.418 e. The smallest absolute Gasteiger partial charge is 0.320 e. The molecule has 0 radical (unpaired) electrons. The molecule has 1 N–H and O–H groups in total.